The van der Waals surface area contributed by atoms with Gasteiger partial charge in [0, 0.05) is 38.1 Å². The Morgan fingerprint density at radius 2 is 1.76 bits per heavy atom. The summed E-state index contributed by atoms with van der Waals surface area (Å²) in [5.74, 6) is 2.07. The predicted molar refractivity (Wildman–Crippen MR) is 169 cm³/mol. The molecule has 13 heteroatoms. The van der Waals surface area contributed by atoms with E-state index in [2.05, 4.69) is 10.3 Å². The molecule has 244 valence electrons. The number of nitrogens with one attached hydrogen (secondary N) is 1. The molecule has 3 aromatic carbocycles. The molecule has 0 saturated heterocycles. The summed E-state index contributed by atoms with van der Waals surface area (Å²) in [4.78, 5) is 16.1. The van der Waals surface area contributed by atoms with Gasteiger partial charge in [0.1, 0.15) is 18.2 Å². The van der Waals surface area contributed by atoms with Gasteiger partial charge in [-0.05, 0) is 47.7 Å². The second kappa shape index (κ2) is 14.7. The van der Waals surface area contributed by atoms with Crippen LogP contribution in [0.3, 0.4) is 0 Å². The highest BCUT2D eigenvalue weighted by molar-refractivity contribution is 7.89. The zero-order valence-corrected chi connectivity index (χ0v) is 26.5. The quantitative estimate of drug-likeness (QED) is 0.173. The summed E-state index contributed by atoms with van der Waals surface area (Å²) >= 11 is 0. The number of carbonyl (C=O) groups is 1. The number of benzene rings is 3. The molecular weight excluding hydrogens is 612 g/mol. The lowest BCUT2D eigenvalue weighted by atomic mass is 10.0. The van der Waals surface area contributed by atoms with Crippen molar-refractivity contribution in [1.29, 1.82) is 0 Å². The van der Waals surface area contributed by atoms with Gasteiger partial charge in [0.25, 0.3) is 0 Å². The third kappa shape index (κ3) is 8.36. The Morgan fingerprint density at radius 1 is 1.02 bits per heavy atom. The summed E-state index contributed by atoms with van der Waals surface area (Å²) in [5, 5.41) is 23.1. The molecule has 0 unspecified atom stereocenters. The number of ether oxygens (including phenoxy) is 3. The normalized spacial score (nSPS) is 13.9. The van der Waals surface area contributed by atoms with Crippen LogP contribution < -0.4 is 19.5 Å². The Labute approximate surface area is 268 Å². The largest absolute Gasteiger partial charge is 0.486 e. The van der Waals surface area contributed by atoms with Crippen LogP contribution in [0, 0.1) is 5.92 Å². The molecule has 4 aromatic rings. The number of rotatable bonds is 15. The summed E-state index contributed by atoms with van der Waals surface area (Å²) in [6.45, 7) is 4.45. The van der Waals surface area contributed by atoms with Crippen molar-refractivity contribution in [2.24, 2.45) is 5.92 Å². The summed E-state index contributed by atoms with van der Waals surface area (Å²) < 4.78 is 47.1. The number of aliphatic hydroxyl groups is 1. The van der Waals surface area contributed by atoms with Crippen LogP contribution in [0.1, 0.15) is 30.8 Å². The van der Waals surface area contributed by atoms with Gasteiger partial charge in [-0.25, -0.2) is 18.2 Å². The van der Waals surface area contributed by atoms with Crippen LogP contribution in [0.2, 0.25) is 0 Å². The SMILES string of the molecule is CC(C)CN(C[C@H](O)[C@H](Cc1ccc(OCc2nccn2Cc2ccccc2)cc1)NC(=O)O)S(=O)(=O)c1ccc2c(c1)OCO2. The molecule has 2 atom stereocenters. The van der Waals surface area contributed by atoms with Crippen molar-refractivity contribution < 1.29 is 37.6 Å². The number of fused-ring (bicyclic) bond motifs is 1. The van der Waals surface area contributed by atoms with Gasteiger partial charge in [-0.3, -0.25) is 0 Å². The van der Waals surface area contributed by atoms with Gasteiger partial charge in [0.2, 0.25) is 16.8 Å². The van der Waals surface area contributed by atoms with E-state index < -0.39 is 28.3 Å². The fourth-order valence-corrected chi connectivity index (χ4v) is 6.81. The molecule has 1 amide bonds. The van der Waals surface area contributed by atoms with Gasteiger partial charge in [-0.1, -0.05) is 56.3 Å². The molecule has 0 saturated carbocycles. The Morgan fingerprint density at radius 3 is 2.48 bits per heavy atom. The number of amides is 1. The molecule has 1 aliphatic heterocycles. The van der Waals surface area contributed by atoms with Crippen molar-refractivity contribution in [3.8, 4) is 17.2 Å². The van der Waals surface area contributed by atoms with Gasteiger partial charge >= 0.3 is 6.09 Å². The second-order valence-electron chi connectivity index (χ2n) is 11.4. The molecule has 0 fully saturated rings. The molecular formula is C33H38N4O8S. The van der Waals surface area contributed by atoms with E-state index in [1.54, 1.807) is 30.5 Å². The maximum Gasteiger partial charge on any atom is 0.404 e. The number of hydrogen-bond donors (Lipinski definition) is 3. The minimum atomic E-state index is -4.06. The summed E-state index contributed by atoms with van der Waals surface area (Å²) in [6, 6.07) is 20.5. The Bertz CT molecular complexity index is 1710. The highest BCUT2D eigenvalue weighted by atomic mass is 32.2. The van der Waals surface area contributed by atoms with Crippen LogP contribution in [0.15, 0.2) is 90.1 Å². The van der Waals surface area contributed by atoms with E-state index in [9.17, 15) is 23.4 Å². The van der Waals surface area contributed by atoms with Crippen molar-refractivity contribution in [1.82, 2.24) is 19.2 Å². The number of sulfonamides is 1. The van der Waals surface area contributed by atoms with E-state index in [4.69, 9.17) is 14.2 Å². The molecule has 12 nitrogen and oxygen atoms in total. The second-order valence-corrected chi connectivity index (χ2v) is 13.4. The molecule has 3 N–H and O–H groups in total. The summed E-state index contributed by atoms with van der Waals surface area (Å²) in [6.07, 6.45) is 1.07. The van der Waals surface area contributed by atoms with Crippen molar-refractivity contribution in [2.75, 3.05) is 19.9 Å². The molecule has 0 radical (unpaired) electrons. The van der Waals surface area contributed by atoms with Crippen LogP contribution in [-0.4, -0.2) is 70.6 Å². The molecule has 1 aromatic heterocycles. The first-order valence-electron chi connectivity index (χ1n) is 14.9. The van der Waals surface area contributed by atoms with Crippen molar-refractivity contribution in [2.45, 2.75) is 50.5 Å². The Kier molecular flexibility index (Phi) is 10.5. The molecule has 1 aliphatic rings. The van der Waals surface area contributed by atoms with Crippen LogP contribution >= 0.6 is 0 Å². The van der Waals surface area contributed by atoms with E-state index in [0.717, 1.165) is 17.0 Å². The topological polar surface area (TPSA) is 152 Å². The number of imidazole rings is 1. The maximum atomic E-state index is 13.7. The van der Waals surface area contributed by atoms with Crippen molar-refractivity contribution >= 4 is 16.1 Å². The Balaban J connectivity index is 1.24. The maximum absolute atomic E-state index is 13.7. The van der Waals surface area contributed by atoms with E-state index in [1.165, 1.54) is 22.5 Å². The smallest absolute Gasteiger partial charge is 0.404 e. The van der Waals surface area contributed by atoms with Gasteiger partial charge in [0.15, 0.2) is 11.5 Å². The first kappa shape index (κ1) is 32.8. The third-order valence-electron chi connectivity index (χ3n) is 7.46. The highest BCUT2D eigenvalue weighted by Gasteiger charge is 2.32. The molecule has 5 rings (SSSR count). The van der Waals surface area contributed by atoms with E-state index in [0.29, 0.717) is 23.8 Å². The molecule has 0 aliphatic carbocycles. The van der Waals surface area contributed by atoms with E-state index >= 15 is 0 Å². The first-order chi connectivity index (χ1) is 22.1. The first-order valence-corrected chi connectivity index (χ1v) is 16.4. The van der Waals surface area contributed by atoms with Gasteiger partial charge < -0.3 is 34.3 Å². The van der Waals surface area contributed by atoms with Crippen LogP contribution in [0.25, 0.3) is 0 Å². The predicted octanol–water partition coefficient (Wildman–Crippen LogP) is 4.13. The fraction of sp³-hybridized carbons (Fsp3) is 0.333. The van der Waals surface area contributed by atoms with Crippen LogP contribution in [-0.2, 0) is 29.6 Å². The number of nitrogens with zero attached hydrogens (tertiary/aromatic N) is 3. The standard InChI is InChI=1S/C33H38N4O8S/c1-23(2)18-37(46(41,42)27-12-13-30-31(17-27)45-22-44-30)20-29(38)28(35-33(39)40)16-24-8-10-26(11-9-24)43-21-32-34-14-15-36(32)19-25-6-4-3-5-7-25/h3-15,17,23,28-29,35,38H,16,18-22H2,1-2H3,(H,39,40)/t28-,29-/m0/s1. The monoisotopic (exact) mass is 650 g/mol. The summed E-state index contributed by atoms with van der Waals surface area (Å²) in [7, 11) is -4.06. The van der Waals surface area contributed by atoms with Crippen molar-refractivity contribution in [3.05, 3.63) is 102 Å². The molecule has 46 heavy (non-hydrogen) atoms. The van der Waals surface area contributed by atoms with Gasteiger partial charge in [-0.15, -0.1) is 0 Å². The summed E-state index contributed by atoms with van der Waals surface area (Å²) in [5.41, 5.74) is 1.88. The number of carboxylic acid groups (broad SMARTS) is 1. The van der Waals surface area contributed by atoms with Crippen LogP contribution in [0.4, 0.5) is 4.79 Å². The van der Waals surface area contributed by atoms with E-state index in [-0.39, 0.29) is 43.7 Å². The zero-order chi connectivity index (χ0) is 32.7. The average molecular weight is 651 g/mol. The molecule has 0 bridgehead atoms. The number of aromatic nitrogens is 2. The van der Waals surface area contributed by atoms with Crippen molar-refractivity contribution in [3.63, 3.8) is 0 Å². The fourth-order valence-electron chi connectivity index (χ4n) is 5.17. The van der Waals surface area contributed by atoms with E-state index in [1.807, 2.05) is 54.9 Å². The third-order valence-corrected chi connectivity index (χ3v) is 9.29. The minimum Gasteiger partial charge on any atom is -0.486 e. The molecule has 0 spiro atoms. The Hall–Kier alpha value is -4.59. The minimum absolute atomic E-state index is 0.00301. The average Bonchev–Trinajstić information content (AvgIpc) is 3.69. The number of hydrogen-bond acceptors (Lipinski definition) is 8. The van der Waals surface area contributed by atoms with Gasteiger partial charge in [0.05, 0.1) is 17.0 Å². The lowest BCUT2D eigenvalue weighted by molar-refractivity contribution is 0.0980. The van der Waals surface area contributed by atoms with Crippen LogP contribution in [0.5, 0.6) is 17.2 Å². The zero-order valence-electron chi connectivity index (χ0n) is 25.7. The lowest BCUT2D eigenvalue weighted by Gasteiger charge is -2.30. The van der Waals surface area contributed by atoms with Gasteiger partial charge in [-0.2, -0.15) is 4.31 Å². The molecule has 2 heterocycles. The lowest BCUT2D eigenvalue weighted by Crippen LogP contribution is -2.50. The highest BCUT2D eigenvalue weighted by Crippen LogP contribution is 2.35. The number of aliphatic hydroxyl groups excluding tert-OH is 1.